The maximum Gasteiger partial charge on any atom is 0.230 e. The molecule has 2 heterocycles. The molecule has 7 nitrogen and oxygen atoms in total. The van der Waals surface area contributed by atoms with E-state index in [0.29, 0.717) is 29.3 Å². The molecule has 2 aromatic heterocycles. The standard InChI is InChI=1S/C24H29N5O2S/c1-3-31-20-12-10-19(11-13-20)29-23(18-8-6-14-25-15-18)27-28-24(29)32-16-22(30)26-21-9-5-4-7-17(21)2/h6,8,10-15,17,21H,3-5,7,9,16H2,1-2H3,(H,26,30)/t17-,21-/m0/s1. The normalized spacial score (nSPS) is 18.3. The molecule has 1 fully saturated rings. The van der Waals surface area contributed by atoms with Gasteiger partial charge in [-0.15, -0.1) is 10.2 Å². The van der Waals surface area contributed by atoms with Gasteiger partial charge in [0, 0.05) is 29.7 Å². The first-order chi connectivity index (χ1) is 15.7. The molecule has 168 valence electrons. The molecule has 1 aliphatic carbocycles. The van der Waals surface area contributed by atoms with Crippen molar-refractivity contribution in [1.82, 2.24) is 25.1 Å². The van der Waals surface area contributed by atoms with Gasteiger partial charge in [0.1, 0.15) is 5.75 Å². The van der Waals surface area contributed by atoms with E-state index in [0.717, 1.165) is 23.4 Å². The number of rotatable bonds is 8. The van der Waals surface area contributed by atoms with Gasteiger partial charge in [-0.05, 0) is 62.1 Å². The van der Waals surface area contributed by atoms with Crippen LogP contribution in [0.2, 0.25) is 0 Å². The molecule has 1 N–H and O–H groups in total. The summed E-state index contributed by atoms with van der Waals surface area (Å²) in [5.74, 6) is 2.36. The lowest BCUT2D eigenvalue weighted by molar-refractivity contribution is -0.119. The maximum atomic E-state index is 12.7. The lowest BCUT2D eigenvalue weighted by atomic mass is 9.86. The molecular weight excluding hydrogens is 422 g/mol. The predicted molar refractivity (Wildman–Crippen MR) is 126 cm³/mol. The molecule has 4 rings (SSSR count). The van der Waals surface area contributed by atoms with Crippen molar-refractivity contribution in [3.05, 3.63) is 48.8 Å². The number of nitrogens with zero attached hydrogens (tertiary/aromatic N) is 4. The molecule has 32 heavy (non-hydrogen) atoms. The van der Waals surface area contributed by atoms with Gasteiger partial charge in [-0.25, -0.2) is 0 Å². The van der Waals surface area contributed by atoms with Crippen LogP contribution >= 0.6 is 11.8 Å². The highest BCUT2D eigenvalue weighted by Gasteiger charge is 2.23. The van der Waals surface area contributed by atoms with Gasteiger partial charge < -0.3 is 10.1 Å². The molecule has 0 radical (unpaired) electrons. The minimum Gasteiger partial charge on any atom is -0.494 e. The largest absolute Gasteiger partial charge is 0.494 e. The van der Waals surface area contributed by atoms with E-state index in [9.17, 15) is 4.79 Å². The lowest BCUT2D eigenvalue weighted by Gasteiger charge is -2.29. The number of thioether (sulfide) groups is 1. The molecule has 2 atom stereocenters. The Bertz CT molecular complexity index is 1020. The average molecular weight is 452 g/mol. The van der Waals surface area contributed by atoms with E-state index >= 15 is 0 Å². The molecule has 1 aromatic carbocycles. The van der Waals surface area contributed by atoms with Gasteiger partial charge in [-0.2, -0.15) is 0 Å². The second kappa shape index (κ2) is 10.6. The summed E-state index contributed by atoms with van der Waals surface area (Å²) in [6.45, 7) is 4.80. The van der Waals surface area contributed by atoms with Gasteiger partial charge >= 0.3 is 0 Å². The van der Waals surface area contributed by atoms with E-state index in [-0.39, 0.29) is 11.9 Å². The Morgan fingerprint density at radius 1 is 1.19 bits per heavy atom. The first-order valence-corrected chi connectivity index (χ1v) is 12.2. The van der Waals surface area contributed by atoms with Crippen LogP contribution in [0.15, 0.2) is 53.9 Å². The van der Waals surface area contributed by atoms with Crippen LogP contribution in [-0.2, 0) is 4.79 Å². The Labute approximate surface area is 193 Å². The minimum absolute atomic E-state index is 0.0397. The number of hydrogen-bond acceptors (Lipinski definition) is 6. The second-order valence-electron chi connectivity index (χ2n) is 8.03. The zero-order valence-electron chi connectivity index (χ0n) is 18.5. The summed E-state index contributed by atoms with van der Waals surface area (Å²) in [6, 6.07) is 11.9. The fraction of sp³-hybridized carbons (Fsp3) is 0.417. The molecule has 0 aliphatic heterocycles. The van der Waals surface area contributed by atoms with E-state index in [4.69, 9.17) is 4.74 Å². The van der Waals surface area contributed by atoms with Crippen molar-refractivity contribution < 1.29 is 9.53 Å². The Kier molecular flexibility index (Phi) is 7.42. The van der Waals surface area contributed by atoms with Gasteiger partial charge in [-0.1, -0.05) is 31.5 Å². The fourth-order valence-electron chi connectivity index (χ4n) is 4.05. The monoisotopic (exact) mass is 451 g/mol. The van der Waals surface area contributed by atoms with Crippen LogP contribution in [0.3, 0.4) is 0 Å². The first-order valence-electron chi connectivity index (χ1n) is 11.2. The van der Waals surface area contributed by atoms with Crippen molar-refractivity contribution in [2.24, 2.45) is 5.92 Å². The highest BCUT2D eigenvalue weighted by Crippen LogP contribution is 2.29. The Balaban J connectivity index is 1.55. The molecule has 1 amide bonds. The molecule has 8 heteroatoms. The maximum absolute atomic E-state index is 12.7. The van der Waals surface area contributed by atoms with Crippen LogP contribution in [0, 0.1) is 5.92 Å². The van der Waals surface area contributed by atoms with Crippen molar-refractivity contribution in [3.8, 4) is 22.8 Å². The number of pyridine rings is 1. The minimum atomic E-state index is 0.0397. The summed E-state index contributed by atoms with van der Waals surface area (Å²) in [7, 11) is 0. The second-order valence-corrected chi connectivity index (χ2v) is 8.98. The SMILES string of the molecule is CCOc1ccc(-n2c(SCC(=O)N[C@H]3CCCC[C@@H]3C)nnc2-c2cccnc2)cc1. The zero-order valence-corrected chi connectivity index (χ0v) is 19.3. The van der Waals surface area contributed by atoms with E-state index in [1.54, 1.807) is 12.4 Å². The van der Waals surface area contributed by atoms with E-state index in [1.807, 2.05) is 47.9 Å². The molecular formula is C24H29N5O2S. The number of benzene rings is 1. The third-order valence-electron chi connectivity index (χ3n) is 5.75. The van der Waals surface area contributed by atoms with E-state index < -0.39 is 0 Å². The van der Waals surface area contributed by atoms with Crippen molar-refractivity contribution in [1.29, 1.82) is 0 Å². The highest BCUT2D eigenvalue weighted by molar-refractivity contribution is 7.99. The number of hydrogen-bond donors (Lipinski definition) is 1. The van der Waals surface area contributed by atoms with Gasteiger partial charge in [0.2, 0.25) is 5.91 Å². The van der Waals surface area contributed by atoms with Crippen molar-refractivity contribution in [3.63, 3.8) is 0 Å². The quantitative estimate of drug-likeness (QED) is 0.507. The number of ether oxygens (including phenoxy) is 1. The van der Waals surface area contributed by atoms with Crippen LogP contribution in [0.5, 0.6) is 5.75 Å². The van der Waals surface area contributed by atoms with Crippen LogP contribution in [-0.4, -0.2) is 44.1 Å². The molecule has 0 unspecified atom stereocenters. The zero-order chi connectivity index (χ0) is 22.3. The average Bonchev–Trinajstić information content (AvgIpc) is 3.24. The van der Waals surface area contributed by atoms with Crippen molar-refractivity contribution in [2.75, 3.05) is 12.4 Å². The smallest absolute Gasteiger partial charge is 0.230 e. The Morgan fingerprint density at radius 2 is 2.00 bits per heavy atom. The summed E-state index contributed by atoms with van der Waals surface area (Å²) in [6.07, 6.45) is 8.17. The van der Waals surface area contributed by atoms with Crippen molar-refractivity contribution >= 4 is 17.7 Å². The third-order valence-corrected chi connectivity index (χ3v) is 6.68. The van der Waals surface area contributed by atoms with Crippen LogP contribution in [0.4, 0.5) is 0 Å². The van der Waals surface area contributed by atoms with Crippen LogP contribution < -0.4 is 10.1 Å². The fourth-order valence-corrected chi connectivity index (χ4v) is 4.81. The molecule has 1 saturated carbocycles. The number of carbonyl (C=O) groups excluding carboxylic acids is 1. The van der Waals surface area contributed by atoms with Crippen LogP contribution in [0.1, 0.15) is 39.5 Å². The summed E-state index contributed by atoms with van der Waals surface area (Å²) in [4.78, 5) is 16.9. The molecule has 3 aromatic rings. The number of carbonyl (C=O) groups is 1. The Hall–Kier alpha value is -2.87. The van der Waals surface area contributed by atoms with Crippen molar-refractivity contribution in [2.45, 2.75) is 50.7 Å². The molecule has 0 saturated heterocycles. The topological polar surface area (TPSA) is 81.9 Å². The molecule has 1 aliphatic rings. The third kappa shape index (κ3) is 5.30. The summed E-state index contributed by atoms with van der Waals surface area (Å²) in [5.41, 5.74) is 1.77. The van der Waals surface area contributed by atoms with Crippen LogP contribution in [0.25, 0.3) is 17.1 Å². The number of amides is 1. The first kappa shape index (κ1) is 22.3. The lowest BCUT2D eigenvalue weighted by Crippen LogP contribution is -2.41. The highest BCUT2D eigenvalue weighted by atomic mass is 32.2. The summed E-state index contributed by atoms with van der Waals surface area (Å²) in [5, 5.41) is 12.7. The number of aromatic nitrogens is 4. The number of nitrogens with one attached hydrogen (secondary N) is 1. The van der Waals surface area contributed by atoms with Gasteiger partial charge in [-0.3, -0.25) is 14.3 Å². The summed E-state index contributed by atoms with van der Waals surface area (Å²) >= 11 is 1.40. The van der Waals surface area contributed by atoms with E-state index in [1.165, 1.54) is 31.0 Å². The summed E-state index contributed by atoms with van der Waals surface area (Å²) < 4.78 is 7.54. The Morgan fingerprint density at radius 3 is 2.72 bits per heavy atom. The predicted octanol–water partition coefficient (Wildman–Crippen LogP) is 4.52. The van der Waals surface area contributed by atoms with Gasteiger partial charge in [0.15, 0.2) is 11.0 Å². The van der Waals surface area contributed by atoms with Gasteiger partial charge in [0.25, 0.3) is 0 Å². The molecule has 0 spiro atoms. The van der Waals surface area contributed by atoms with Gasteiger partial charge in [0.05, 0.1) is 12.4 Å². The molecule has 0 bridgehead atoms. The van der Waals surface area contributed by atoms with E-state index in [2.05, 4.69) is 27.4 Å².